The molecule has 2 rings (SSSR count). The van der Waals surface area contributed by atoms with Gasteiger partial charge in [-0.3, -0.25) is 4.99 Å². The molecule has 152 valence electrons. The maximum Gasteiger partial charge on any atom is 0.191 e. The summed E-state index contributed by atoms with van der Waals surface area (Å²) in [5.41, 5.74) is 1.85. The number of fused-ring (bicyclic) bond motifs is 1. The van der Waals surface area contributed by atoms with E-state index < -0.39 is 14.6 Å². The minimum absolute atomic E-state index is 0. The number of aromatic amines is 1. The van der Waals surface area contributed by atoms with Crippen LogP contribution in [0.5, 0.6) is 0 Å². The van der Waals surface area contributed by atoms with Gasteiger partial charge in [-0.2, -0.15) is 0 Å². The minimum Gasteiger partial charge on any atom is -0.361 e. The summed E-state index contributed by atoms with van der Waals surface area (Å²) in [6.45, 7) is 6.01. The Morgan fingerprint density at radius 3 is 2.52 bits per heavy atom. The van der Waals surface area contributed by atoms with E-state index in [0.717, 1.165) is 22.9 Å². The van der Waals surface area contributed by atoms with Crippen molar-refractivity contribution in [2.24, 2.45) is 4.99 Å². The number of H-pyrrole nitrogens is 1. The summed E-state index contributed by atoms with van der Waals surface area (Å²) in [4.78, 5) is 7.17. The molecule has 0 radical (unpaired) electrons. The van der Waals surface area contributed by atoms with Crippen LogP contribution in [0.15, 0.2) is 29.4 Å². The molecule has 27 heavy (non-hydrogen) atoms. The van der Waals surface area contributed by atoms with Crippen LogP contribution in [0.25, 0.3) is 10.9 Å². The Labute approximate surface area is 177 Å². The molecule has 3 N–H and O–H groups in total. The van der Waals surface area contributed by atoms with Crippen LogP contribution in [0.1, 0.15) is 26.3 Å². The SMILES string of the molecule is CN=C(NCCc1c[nH]c2cc(F)ccc12)NCCS(=O)(=O)C(C)(C)C.I. The smallest absolute Gasteiger partial charge is 0.191 e. The van der Waals surface area contributed by atoms with Crippen LogP contribution in [0, 0.1) is 5.82 Å². The van der Waals surface area contributed by atoms with Crippen molar-refractivity contribution in [3.63, 3.8) is 0 Å². The molecule has 0 atom stereocenters. The quantitative estimate of drug-likeness (QED) is 0.317. The molecule has 0 spiro atoms. The van der Waals surface area contributed by atoms with Gasteiger partial charge in [0, 0.05) is 37.2 Å². The van der Waals surface area contributed by atoms with Crippen molar-refractivity contribution in [3.05, 3.63) is 35.8 Å². The lowest BCUT2D eigenvalue weighted by Gasteiger charge is -2.19. The highest BCUT2D eigenvalue weighted by Gasteiger charge is 2.28. The molecule has 0 aliphatic carbocycles. The molecular formula is C18H28FIN4O2S. The molecule has 1 aromatic carbocycles. The van der Waals surface area contributed by atoms with Crippen LogP contribution < -0.4 is 10.6 Å². The first-order chi connectivity index (χ1) is 12.1. The van der Waals surface area contributed by atoms with Gasteiger partial charge < -0.3 is 15.6 Å². The molecule has 0 aliphatic rings. The number of sulfone groups is 1. The zero-order valence-electron chi connectivity index (χ0n) is 16.1. The summed E-state index contributed by atoms with van der Waals surface area (Å²) in [6.07, 6.45) is 2.60. The second-order valence-corrected chi connectivity index (χ2v) is 9.97. The summed E-state index contributed by atoms with van der Waals surface area (Å²) in [5.74, 6) is 0.337. The molecule has 0 saturated heterocycles. The molecule has 0 aliphatic heterocycles. The minimum atomic E-state index is -3.17. The van der Waals surface area contributed by atoms with Crippen molar-refractivity contribution in [2.75, 3.05) is 25.9 Å². The fraction of sp³-hybridized carbons (Fsp3) is 0.500. The van der Waals surface area contributed by atoms with Crippen molar-refractivity contribution < 1.29 is 12.8 Å². The van der Waals surface area contributed by atoms with Crippen molar-refractivity contribution in [1.29, 1.82) is 0 Å². The van der Waals surface area contributed by atoms with E-state index in [1.165, 1.54) is 12.1 Å². The zero-order chi connectivity index (χ0) is 19.4. The Morgan fingerprint density at radius 2 is 1.89 bits per heavy atom. The Bertz CT molecular complexity index is 888. The zero-order valence-corrected chi connectivity index (χ0v) is 19.2. The van der Waals surface area contributed by atoms with Crippen molar-refractivity contribution in [3.8, 4) is 0 Å². The molecule has 1 heterocycles. The molecule has 9 heteroatoms. The van der Waals surface area contributed by atoms with Crippen LogP contribution >= 0.6 is 24.0 Å². The second kappa shape index (κ2) is 9.72. The Hall–Kier alpha value is -1.36. The number of nitrogens with zero attached hydrogens (tertiary/aromatic N) is 1. The van der Waals surface area contributed by atoms with E-state index in [9.17, 15) is 12.8 Å². The van der Waals surface area contributed by atoms with Crippen LogP contribution in [0.3, 0.4) is 0 Å². The van der Waals surface area contributed by atoms with Gasteiger partial charge in [-0.25, -0.2) is 12.8 Å². The highest BCUT2D eigenvalue weighted by Crippen LogP contribution is 2.19. The summed E-state index contributed by atoms with van der Waals surface area (Å²) >= 11 is 0. The van der Waals surface area contributed by atoms with Crippen molar-refractivity contribution in [1.82, 2.24) is 15.6 Å². The highest BCUT2D eigenvalue weighted by molar-refractivity contribution is 14.0. The Morgan fingerprint density at radius 1 is 1.22 bits per heavy atom. The van der Waals surface area contributed by atoms with Crippen LogP contribution in [0.4, 0.5) is 4.39 Å². The largest absolute Gasteiger partial charge is 0.361 e. The molecule has 0 fully saturated rings. The first-order valence-electron chi connectivity index (χ1n) is 8.56. The average Bonchev–Trinajstić information content (AvgIpc) is 2.94. The van der Waals surface area contributed by atoms with Gasteiger partial charge in [-0.15, -0.1) is 24.0 Å². The molecule has 2 aromatic rings. The van der Waals surface area contributed by atoms with E-state index in [2.05, 4.69) is 20.6 Å². The van der Waals surface area contributed by atoms with Gasteiger partial charge in [-0.1, -0.05) is 0 Å². The number of benzene rings is 1. The van der Waals surface area contributed by atoms with Gasteiger partial charge in [0.2, 0.25) is 0 Å². The van der Waals surface area contributed by atoms with E-state index in [4.69, 9.17) is 0 Å². The van der Waals surface area contributed by atoms with Crippen LogP contribution in [-0.2, 0) is 16.3 Å². The first-order valence-corrected chi connectivity index (χ1v) is 10.2. The van der Waals surface area contributed by atoms with Crippen molar-refractivity contribution in [2.45, 2.75) is 31.9 Å². The van der Waals surface area contributed by atoms with Crippen LogP contribution in [-0.4, -0.2) is 50.0 Å². The number of aliphatic imine (C=N–C) groups is 1. The van der Waals surface area contributed by atoms with Gasteiger partial charge in [-0.05, 0) is 51.0 Å². The number of rotatable bonds is 6. The number of guanidine groups is 1. The molecular weight excluding hydrogens is 482 g/mol. The number of hydrogen-bond donors (Lipinski definition) is 3. The topological polar surface area (TPSA) is 86.3 Å². The second-order valence-electron chi connectivity index (χ2n) is 7.11. The van der Waals surface area contributed by atoms with Crippen LogP contribution in [0.2, 0.25) is 0 Å². The fourth-order valence-corrected chi connectivity index (χ4v) is 3.49. The molecule has 6 nitrogen and oxygen atoms in total. The van der Waals surface area contributed by atoms with E-state index in [-0.39, 0.29) is 35.5 Å². The Kier molecular flexibility index (Phi) is 8.52. The standard InChI is InChI=1S/C18H27FN4O2S.HI/c1-18(2,3)26(24,25)10-9-22-17(20-4)21-8-7-13-12-23-16-11-14(19)5-6-15(13)16;/h5-6,11-12,23H,7-10H2,1-4H3,(H2,20,21,22);1H. The average molecular weight is 510 g/mol. The molecule has 0 amide bonds. The van der Waals surface area contributed by atoms with Gasteiger partial charge in [0.25, 0.3) is 0 Å². The third-order valence-electron chi connectivity index (χ3n) is 4.24. The van der Waals surface area contributed by atoms with Gasteiger partial charge in [0.05, 0.1) is 10.5 Å². The van der Waals surface area contributed by atoms with E-state index in [1.807, 2.05) is 6.20 Å². The molecule has 0 unspecified atom stereocenters. The monoisotopic (exact) mass is 510 g/mol. The van der Waals surface area contributed by atoms with E-state index in [0.29, 0.717) is 19.0 Å². The third kappa shape index (κ3) is 6.34. The molecule has 0 bridgehead atoms. The molecule has 1 aromatic heterocycles. The predicted molar refractivity (Wildman–Crippen MR) is 120 cm³/mol. The number of nitrogens with one attached hydrogen (secondary N) is 3. The third-order valence-corrected chi connectivity index (χ3v) is 6.84. The summed E-state index contributed by atoms with van der Waals surface area (Å²) in [7, 11) is -1.52. The normalized spacial score (nSPS) is 12.7. The summed E-state index contributed by atoms with van der Waals surface area (Å²) in [6, 6.07) is 4.69. The van der Waals surface area contributed by atoms with E-state index >= 15 is 0 Å². The number of hydrogen-bond acceptors (Lipinski definition) is 3. The van der Waals surface area contributed by atoms with Gasteiger partial charge >= 0.3 is 0 Å². The lowest BCUT2D eigenvalue weighted by atomic mass is 10.1. The summed E-state index contributed by atoms with van der Waals surface area (Å²) < 4.78 is 36.7. The van der Waals surface area contributed by atoms with Gasteiger partial charge in [0.15, 0.2) is 15.8 Å². The lowest BCUT2D eigenvalue weighted by Crippen LogP contribution is -2.42. The summed E-state index contributed by atoms with van der Waals surface area (Å²) in [5, 5.41) is 7.18. The highest BCUT2D eigenvalue weighted by atomic mass is 127. The first kappa shape index (κ1) is 23.7. The Balaban J connectivity index is 0.00000364. The van der Waals surface area contributed by atoms with E-state index in [1.54, 1.807) is 33.9 Å². The predicted octanol–water partition coefficient (Wildman–Crippen LogP) is 2.85. The van der Waals surface area contributed by atoms with Gasteiger partial charge in [0.1, 0.15) is 5.82 Å². The maximum atomic E-state index is 13.2. The molecule has 0 saturated carbocycles. The number of aromatic nitrogens is 1. The fourth-order valence-electron chi connectivity index (χ4n) is 2.51. The van der Waals surface area contributed by atoms with Crippen molar-refractivity contribution >= 4 is 50.7 Å². The lowest BCUT2D eigenvalue weighted by molar-refractivity contribution is 0.559. The maximum absolute atomic E-state index is 13.2. The number of halogens is 2.